The Kier molecular flexibility index (Phi) is 15.1. The van der Waals surface area contributed by atoms with Crippen molar-refractivity contribution in [2.75, 3.05) is 11.5 Å². The molecular formula is C18H35NO2S. The van der Waals surface area contributed by atoms with Crippen molar-refractivity contribution in [3.05, 3.63) is 11.6 Å². The Hall–Kier alpha value is -0.480. The molecule has 0 heterocycles. The quantitative estimate of drug-likeness (QED) is 0.328. The van der Waals surface area contributed by atoms with Crippen LogP contribution in [0.25, 0.3) is 0 Å². The predicted octanol–water partition coefficient (Wildman–Crippen LogP) is 5.00. The van der Waals surface area contributed by atoms with Crippen molar-refractivity contribution in [2.24, 2.45) is 5.73 Å². The summed E-state index contributed by atoms with van der Waals surface area (Å²) in [6.45, 7) is 4.43. The van der Waals surface area contributed by atoms with Crippen LogP contribution in [0, 0.1) is 0 Å². The van der Waals surface area contributed by atoms with Crippen LogP contribution < -0.4 is 5.73 Å². The van der Waals surface area contributed by atoms with Gasteiger partial charge in [-0.1, -0.05) is 69.9 Å². The first kappa shape index (κ1) is 21.5. The number of aliphatic carboxylic acids is 1. The lowest BCUT2D eigenvalue weighted by molar-refractivity contribution is -0.137. The molecule has 0 aliphatic rings. The van der Waals surface area contributed by atoms with Crippen molar-refractivity contribution in [3.63, 3.8) is 0 Å². The molecule has 0 saturated heterocycles. The van der Waals surface area contributed by atoms with Crippen LogP contribution in [0.3, 0.4) is 0 Å². The van der Waals surface area contributed by atoms with Crippen LogP contribution in [0.2, 0.25) is 0 Å². The molecule has 0 saturated carbocycles. The molecule has 0 aliphatic carbocycles. The molecule has 0 aromatic carbocycles. The summed E-state index contributed by atoms with van der Waals surface area (Å²) in [7, 11) is 0. The Bertz CT molecular complexity index is 305. The van der Waals surface area contributed by atoms with Gasteiger partial charge in [-0.05, 0) is 19.8 Å². The maximum atomic E-state index is 10.6. The van der Waals surface area contributed by atoms with E-state index < -0.39 is 12.0 Å². The van der Waals surface area contributed by atoms with Gasteiger partial charge in [-0.15, -0.1) is 0 Å². The van der Waals surface area contributed by atoms with Gasteiger partial charge in [0.1, 0.15) is 6.04 Å². The van der Waals surface area contributed by atoms with E-state index in [1.807, 2.05) is 0 Å². The van der Waals surface area contributed by atoms with Crippen molar-refractivity contribution < 1.29 is 9.90 Å². The number of hydrogen-bond donors (Lipinski definition) is 2. The fourth-order valence-electron chi connectivity index (χ4n) is 2.28. The lowest BCUT2D eigenvalue weighted by Gasteiger charge is -2.05. The SMILES string of the molecule is CCCCCCCCCCC/C(C)=C/CSC[C@H](N)C(=O)O. The Morgan fingerprint density at radius 2 is 1.64 bits per heavy atom. The molecule has 1 atom stereocenters. The van der Waals surface area contributed by atoms with E-state index in [0.717, 1.165) is 5.75 Å². The Morgan fingerprint density at radius 1 is 1.09 bits per heavy atom. The summed E-state index contributed by atoms with van der Waals surface area (Å²) in [5.41, 5.74) is 6.87. The molecule has 0 radical (unpaired) electrons. The Balaban J connectivity index is 3.39. The van der Waals surface area contributed by atoms with Gasteiger partial charge < -0.3 is 10.8 Å². The number of carboxylic acids is 1. The third-order valence-corrected chi connectivity index (χ3v) is 4.84. The fourth-order valence-corrected chi connectivity index (χ4v) is 3.22. The Labute approximate surface area is 141 Å². The lowest BCUT2D eigenvalue weighted by Crippen LogP contribution is -2.32. The van der Waals surface area contributed by atoms with E-state index in [-0.39, 0.29) is 0 Å². The van der Waals surface area contributed by atoms with Gasteiger partial charge in [-0.2, -0.15) is 11.8 Å². The average Bonchev–Trinajstić information content (AvgIpc) is 2.49. The van der Waals surface area contributed by atoms with E-state index in [9.17, 15) is 4.79 Å². The van der Waals surface area contributed by atoms with Crippen LogP contribution in [0.1, 0.15) is 78.1 Å². The van der Waals surface area contributed by atoms with E-state index in [1.165, 1.54) is 69.8 Å². The van der Waals surface area contributed by atoms with E-state index in [1.54, 1.807) is 11.8 Å². The molecule has 0 fully saturated rings. The van der Waals surface area contributed by atoms with Crippen molar-refractivity contribution in [3.8, 4) is 0 Å². The summed E-state index contributed by atoms with van der Waals surface area (Å²) in [6, 6.07) is -0.740. The first-order valence-corrected chi connectivity index (χ1v) is 9.95. The van der Waals surface area contributed by atoms with Gasteiger partial charge in [-0.25, -0.2) is 0 Å². The van der Waals surface area contributed by atoms with Gasteiger partial charge in [-0.3, -0.25) is 4.79 Å². The summed E-state index contributed by atoms with van der Waals surface area (Å²) in [5, 5.41) is 8.68. The van der Waals surface area contributed by atoms with Gasteiger partial charge in [0.25, 0.3) is 0 Å². The highest BCUT2D eigenvalue weighted by molar-refractivity contribution is 7.99. The van der Waals surface area contributed by atoms with Crippen molar-refractivity contribution >= 4 is 17.7 Å². The van der Waals surface area contributed by atoms with Crippen LogP contribution in [-0.2, 0) is 4.79 Å². The third-order valence-electron chi connectivity index (χ3n) is 3.84. The zero-order valence-corrected chi connectivity index (χ0v) is 15.3. The molecule has 4 heteroatoms. The number of unbranched alkanes of at least 4 members (excludes halogenated alkanes) is 8. The minimum atomic E-state index is -0.914. The van der Waals surface area contributed by atoms with Gasteiger partial charge in [0.2, 0.25) is 0 Å². The first-order chi connectivity index (χ1) is 10.6. The number of rotatable bonds is 15. The summed E-state index contributed by atoms with van der Waals surface area (Å²) in [5.74, 6) is 0.435. The maximum Gasteiger partial charge on any atom is 0.321 e. The van der Waals surface area contributed by atoms with E-state index in [0.29, 0.717) is 5.75 Å². The van der Waals surface area contributed by atoms with Crippen molar-refractivity contribution in [2.45, 2.75) is 84.1 Å². The zero-order valence-electron chi connectivity index (χ0n) is 14.5. The molecule has 0 aromatic rings. The molecule has 0 spiro atoms. The highest BCUT2D eigenvalue weighted by Gasteiger charge is 2.09. The van der Waals surface area contributed by atoms with E-state index >= 15 is 0 Å². The summed E-state index contributed by atoms with van der Waals surface area (Å²) >= 11 is 1.59. The van der Waals surface area contributed by atoms with Crippen molar-refractivity contribution in [1.29, 1.82) is 0 Å². The molecule has 0 bridgehead atoms. The average molecular weight is 330 g/mol. The molecule has 0 amide bonds. The molecule has 3 nitrogen and oxygen atoms in total. The van der Waals surface area contributed by atoms with Gasteiger partial charge in [0, 0.05) is 11.5 Å². The lowest BCUT2D eigenvalue weighted by atomic mass is 10.0. The number of carboxylic acid groups (broad SMARTS) is 1. The van der Waals surface area contributed by atoms with Crippen LogP contribution in [0.15, 0.2) is 11.6 Å². The fraction of sp³-hybridized carbons (Fsp3) is 0.833. The summed E-state index contributed by atoms with van der Waals surface area (Å²) in [6.07, 6.45) is 15.7. The molecule has 0 unspecified atom stereocenters. The molecule has 0 rings (SSSR count). The minimum absolute atomic E-state index is 0.483. The molecule has 0 aliphatic heterocycles. The highest BCUT2D eigenvalue weighted by atomic mass is 32.2. The van der Waals surface area contributed by atoms with E-state index in [2.05, 4.69) is 19.9 Å². The van der Waals surface area contributed by atoms with Crippen LogP contribution in [0.5, 0.6) is 0 Å². The zero-order chi connectivity index (χ0) is 16.6. The molecule has 130 valence electrons. The minimum Gasteiger partial charge on any atom is -0.480 e. The highest BCUT2D eigenvalue weighted by Crippen LogP contribution is 2.14. The van der Waals surface area contributed by atoms with Crippen LogP contribution in [0.4, 0.5) is 0 Å². The Morgan fingerprint density at radius 3 is 2.18 bits per heavy atom. The predicted molar refractivity (Wildman–Crippen MR) is 98.5 cm³/mol. The first-order valence-electron chi connectivity index (χ1n) is 8.79. The smallest absolute Gasteiger partial charge is 0.321 e. The van der Waals surface area contributed by atoms with Crippen LogP contribution in [-0.4, -0.2) is 28.6 Å². The van der Waals surface area contributed by atoms with Crippen LogP contribution >= 0.6 is 11.8 Å². The second-order valence-corrected chi connectivity index (χ2v) is 7.19. The van der Waals surface area contributed by atoms with Gasteiger partial charge in [0.05, 0.1) is 0 Å². The second kappa shape index (κ2) is 15.4. The number of allylic oxidation sites excluding steroid dienone is 1. The monoisotopic (exact) mass is 329 g/mol. The number of nitrogens with two attached hydrogens (primary N) is 1. The topological polar surface area (TPSA) is 63.3 Å². The molecule has 0 aromatic heterocycles. The number of carbonyl (C=O) groups is 1. The molecule has 22 heavy (non-hydrogen) atoms. The summed E-state index contributed by atoms with van der Waals surface area (Å²) < 4.78 is 0. The largest absolute Gasteiger partial charge is 0.480 e. The number of thioether (sulfide) groups is 1. The van der Waals surface area contributed by atoms with Gasteiger partial charge >= 0.3 is 5.97 Å². The maximum absolute atomic E-state index is 10.6. The second-order valence-electron chi connectivity index (χ2n) is 6.11. The third kappa shape index (κ3) is 14.5. The van der Waals surface area contributed by atoms with Crippen molar-refractivity contribution in [1.82, 2.24) is 0 Å². The van der Waals surface area contributed by atoms with Gasteiger partial charge in [0.15, 0.2) is 0 Å². The molecular weight excluding hydrogens is 294 g/mol. The van der Waals surface area contributed by atoms with E-state index in [4.69, 9.17) is 10.8 Å². The standard InChI is InChI=1S/C18H35NO2S/c1-3-4-5-6-7-8-9-10-11-12-16(2)13-14-22-15-17(19)18(20)21/h13,17H,3-12,14-15,19H2,1-2H3,(H,20,21)/b16-13+/t17-/m0/s1. The summed E-state index contributed by atoms with van der Waals surface area (Å²) in [4.78, 5) is 10.6. The normalized spacial score (nSPS) is 13.3. The number of hydrogen-bond acceptors (Lipinski definition) is 3. The molecule has 3 N–H and O–H groups in total.